The molecular weight excluding hydrogens is 372 g/mol. The van der Waals surface area contributed by atoms with Gasteiger partial charge in [-0.15, -0.1) is 0 Å². The fraction of sp³-hybridized carbons (Fsp3) is 0.500. The van der Waals surface area contributed by atoms with Crippen LogP contribution in [0.25, 0.3) is 11.0 Å². The molecular formula is C22H28N2O5. The lowest BCUT2D eigenvalue weighted by Crippen LogP contribution is -2.52. The predicted molar refractivity (Wildman–Crippen MR) is 110 cm³/mol. The molecule has 7 nitrogen and oxygen atoms in total. The highest BCUT2D eigenvalue weighted by Gasteiger charge is 2.38. The lowest BCUT2D eigenvalue weighted by atomic mass is 9.81. The van der Waals surface area contributed by atoms with E-state index in [2.05, 4.69) is 5.32 Å². The smallest absolute Gasteiger partial charge is 0.339 e. The van der Waals surface area contributed by atoms with Gasteiger partial charge in [0.1, 0.15) is 11.3 Å². The normalized spacial score (nSPS) is 19.3. The number of piperidine rings is 1. The Morgan fingerprint density at radius 2 is 1.97 bits per heavy atom. The highest BCUT2D eigenvalue weighted by Crippen LogP contribution is 2.32. The maximum absolute atomic E-state index is 12.8. The highest BCUT2D eigenvalue weighted by atomic mass is 16.5. The molecule has 0 bridgehead atoms. The Kier molecular flexibility index (Phi) is 5.68. The molecule has 2 aromatic rings. The van der Waals surface area contributed by atoms with E-state index in [4.69, 9.17) is 9.15 Å². The van der Waals surface area contributed by atoms with Crippen LogP contribution in [-0.4, -0.2) is 43.5 Å². The minimum Gasteiger partial charge on any atom is -0.483 e. The van der Waals surface area contributed by atoms with Crippen LogP contribution in [-0.2, 0) is 9.59 Å². The quantitative estimate of drug-likeness (QED) is 0.797. The van der Waals surface area contributed by atoms with E-state index in [0.717, 1.165) is 24.0 Å². The van der Waals surface area contributed by atoms with Crippen LogP contribution in [0.5, 0.6) is 5.75 Å². The van der Waals surface area contributed by atoms with Gasteiger partial charge in [-0.05, 0) is 63.8 Å². The summed E-state index contributed by atoms with van der Waals surface area (Å²) >= 11 is 0. The Hall–Kier alpha value is -2.83. The fourth-order valence-electron chi connectivity index (χ4n) is 3.97. The number of nitrogens with one attached hydrogen (secondary N) is 1. The van der Waals surface area contributed by atoms with Gasteiger partial charge in [-0.2, -0.15) is 0 Å². The van der Waals surface area contributed by atoms with Crippen LogP contribution in [0.2, 0.25) is 0 Å². The van der Waals surface area contributed by atoms with Gasteiger partial charge < -0.3 is 19.4 Å². The van der Waals surface area contributed by atoms with Crippen molar-refractivity contribution < 1.29 is 18.7 Å². The van der Waals surface area contributed by atoms with Gasteiger partial charge in [0.25, 0.3) is 5.91 Å². The number of hydrogen-bond acceptors (Lipinski definition) is 5. The van der Waals surface area contributed by atoms with Gasteiger partial charge in [0.15, 0.2) is 6.61 Å². The van der Waals surface area contributed by atoms with E-state index >= 15 is 0 Å². The molecule has 1 aliphatic rings. The van der Waals surface area contributed by atoms with Crippen LogP contribution >= 0.6 is 0 Å². The Balaban J connectivity index is 1.82. The molecule has 1 unspecified atom stereocenters. The van der Waals surface area contributed by atoms with E-state index in [0.29, 0.717) is 35.4 Å². The van der Waals surface area contributed by atoms with Crippen LogP contribution in [0.1, 0.15) is 36.5 Å². The number of rotatable bonds is 4. The molecule has 1 N–H and O–H groups in total. The van der Waals surface area contributed by atoms with Gasteiger partial charge in [-0.3, -0.25) is 9.59 Å². The second kappa shape index (κ2) is 7.89. The predicted octanol–water partition coefficient (Wildman–Crippen LogP) is 2.47. The number of fused-ring (bicyclic) bond motifs is 1. The largest absolute Gasteiger partial charge is 0.483 e. The van der Waals surface area contributed by atoms with E-state index in [1.807, 2.05) is 26.8 Å². The molecule has 0 saturated carbocycles. The van der Waals surface area contributed by atoms with Crippen molar-refractivity contribution in [2.45, 2.75) is 40.5 Å². The zero-order chi connectivity index (χ0) is 21.3. The molecule has 1 atom stereocenters. The number of likely N-dealkylation sites (tertiary alicyclic amines) is 1. The van der Waals surface area contributed by atoms with Gasteiger partial charge >= 0.3 is 5.63 Å². The summed E-state index contributed by atoms with van der Waals surface area (Å²) in [4.78, 5) is 38.7. The fourth-order valence-corrected chi connectivity index (χ4v) is 3.97. The van der Waals surface area contributed by atoms with Crippen LogP contribution in [0.15, 0.2) is 21.3 Å². The number of carbonyl (C=O) groups excluding carboxylic acids is 2. The second-order valence-electron chi connectivity index (χ2n) is 8.12. The molecule has 1 saturated heterocycles. The van der Waals surface area contributed by atoms with Crippen molar-refractivity contribution in [2.24, 2.45) is 5.41 Å². The van der Waals surface area contributed by atoms with Gasteiger partial charge in [0.2, 0.25) is 5.91 Å². The molecule has 0 aliphatic carbocycles. The minimum atomic E-state index is -0.588. The summed E-state index contributed by atoms with van der Waals surface area (Å²) in [5.41, 5.74) is 1.67. The first-order valence-corrected chi connectivity index (χ1v) is 9.83. The van der Waals surface area contributed by atoms with Crippen molar-refractivity contribution in [3.05, 3.63) is 39.2 Å². The molecule has 1 aromatic carbocycles. The van der Waals surface area contributed by atoms with Gasteiger partial charge in [-0.25, -0.2) is 4.79 Å². The van der Waals surface area contributed by atoms with E-state index in [1.54, 1.807) is 24.9 Å². The zero-order valence-corrected chi connectivity index (χ0v) is 17.7. The topological polar surface area (TPSA) is 88.8 Å². The van der Waals surface area contributed by atoms with Crippen LogP contribution < -0.4 is 15.7 Å². The van der Waals surface area contributed by atoms with Crippen molar-refractivity contribution in [2.75, 3.05) is 26.7 Å². The summed E-state index contributed by atoms with van der Waals surface area (Å²) < 4.78 is 11.3. The van der Waals surface area contributed by atoms with E-state index in [1.165, 1.54) is 0 Å². The molecule has 1 fully saturated rings. The van der Waals surface area contributed by atoms with Crippen molar-refractivity contribution in [3.63, 3.8) is 0 Å². The van der Waals surface area contributed by atoms with E-state index in [-0.39, 0.29) is 24.0 Å². The van der Waals surface area contributed by atoms with E-state index in [9.17, 15) is 14.4 Å². The number of ether oxygens (including phenoxy) is 1. The molecule has 0 spiro atoms. The lowest BCUT2D eigenvalue weighted by Gasteiger charge is -2.39. The summed E-state index contributed by atoms with van der Waals surface area (Å²) in [6.07, 6.45) is 1.52. The Morgan fingerprint density at radius 1 is 1.24 bits per heavy atom. The average Bonchev–Trinajstić information content (AvgIpc) is 2.69. The Bertz CT molecular complexity index is 1030. The molecule has 1 aliphatic heterocycles. The van der Waals surface area contributed by atoms with Crippen LogP contribution in [0.3, 0.4) is 0 Å². The number of hydrogen-bond donors (Lipinski definition) is 1. The monoisotopic (exact) mass is 400 g/mol. The SMILES string of the molecule is CNC(=O)C1(C)CCCN(C(=O)COc2cc(C)cc3oc(=O)c(C)c(C)c23)C1. The maximum Gasteiger partial charge on any atom is 0.339 e. The van der Waals surface area contributed by atoms with Crippen molar-refractivity contribution in [1.82, 2.24) is 10.2 Å². The number of aryl methyl sites for hydroxylation is 2. The number of amides is 2. The molecule has 1 aromatic heterocycles. The molecule has 2 heterocycles. The van der Waals surface area contributed by atoms with Gasteiger partial charge in [0, 0.05) is 25.7 Å². The number of benzene rings is 1. The van der Waals surface area contributed by atoms with Crippen molar-refractivity contribution in [3.8, 4) is 5.75 Å². The lowest BCUT2D eigenvalue weighted by molar-refractivity contribution is -0.141. The van der Waals surface area contributed by atoms with E-state index < -0.39 is 5.41 Å². The molecule has 156 valence electrons. The first-order chi connectivity index (χ1) is 13.7. The Labute approximate surface area is 170 Å². The third kappa shape index (κ3) is 3.99. The summed E-state index contributed by atoms with van der Waals surface area (Å²) in [6.45, 7) is 8.16. The molecule has 3 rings (SSSR count). The summed E-state index contributed by atoms with van der Waals surface area (Å²) in [6, 6.07) is 3.63. The highest BCUT2D eigenvalue weighted by molar-refractivity contribution is 5.89. The average molecular weight is 400 g/mol. The number of nitrogens with zero attached hydrogens (tertiary/aromatic N) is 1. The number of carbonyl (C=O) groups is 2. The molecule has 0 radical (unpaired) electrons. The van der Waals surface area contributed by atoms with Crippen LogP contribution in [0, 0.1) is 26.2 Å². The third-order valence-corrected chi connectivity index (χ3v) is 5.83. The maximum atomic E-state index is 12.8. The molecule has 7 heteroatoms. The third-order valence-electron chi connectivity index (χ3n) is 5.83. The molecule has 2 amide bonds. The minimum absolute atomic E-state index is 0.0540. The standard InChI is InChI=1S/C22H28N2O5/c1-13-9-16(19-14(2)15(3)20(26)29-17(19)10-13)28-11-18(25)24-8-6-7-22(4,12-24)21(27)23-5/h9-10H,6-8,11-12H2,1-5H3,(H,23,27). The van der Waals surface area contributed by atoms with Crippen molar-refractivity contribution >= 4 is 22.8 Å². The first-order valence-electron chi connectivity index (χ1n) is 9.83. The Morgan fingerprint density at radius 3 is 2.66 bits per heavy atom. The first kappa shape index (κ1) is 20.9. The van der Waals surface area contributed by atoms with Crippen LogP contribution in [0.4, 0.5) is 0 Å². The summed E-state index contributed by atoms with van der Waals surface area (Å²) in [5, 5.41) is 3.39. The van der Waals surface area contributed by atoms with Gasteiger partial charge in [0.05, 0.1) is 10.8 Å². The van der Waals surface area contributed by atoms with Gasteiger partial charge in [-0.1, -0.05) is 0 Å². The summed E-state index contributed by atoms with van der Waals surface area (Å²) in [7, 11) is 1.61. The second-order valence-corrected chi connectivity index (χ2v) is 8.12. The summed E-state index contributed by atoms with van der Waals surface area (Å²) in [5.74, 6) is 0.298. The molecule has 29 heavy (non-hydrogen) atoms. The van der Waals surface area contributed by atoms with Crippen molar-refractivity contribution in [1.29, 1.82) is 0 Å². The zero-order valence-electron chi connectivity index (χ0n) is 17.7.